The van der Waals surface area contributed by atoms with Gasteiger partial charge in [0.2, 0.25) is 15.9 Å². The highest BCUT2D eigenvalue weighted by atomic mass is 32.2. The van der Waals surface area contributed by atoms with Crippen LogP contribution in [-0.4, -0.2) is 54.4 Å². The second-order valence-corrected chi connectivity index (χ2v) is 6.92. The summed E-state index contributed by atoms with van der Waals surface area (Å²) in [6, 6.07) is 5.31. The van der Waals surface area contributed by atoms with Crippen molar-refractivity contribution in [3.8, 4) is 0 Å². The normalized spacial score (nSPS) is 15.8. The van der Waals surface area contributed by atoms with Gasteiger partial charge in [-0.2, -0.15) is 4.31 Å². The van der Waals surface area contributed by atoms with Crippen molar-refractivity contribution >= 4 is 15.9 Å². The Bertz CT molecular complexity index is 553. The second-order valence-electron chi connectivity index (χ2n) is 4.94. The zero-order valence-electron chi connectivity index (χ0n) is 11.5. The molecule has 1 amide bonds. The number of rotatable bonds is 5. The molecule has 1 aromatic heterocycles. The molecule has 0 bridgehead atoms. The van der Waals surface area contributed by atoms with Gasteiger partial charge in [-0.05, 0) is 25.0 Å². The Morgan fingerprint density at radius 1 is 1.35 bits per heavy atom. The lowest BCUT2D eigenvalue weighted by molar-refractivity contribution is -0.130. The molecule has 0 aromatic carbocycles. The molecule has 6 nitrogen and oxygen atoms in total. The monoisotopic (exact) mass is 297 g/mol. The Balaban J connectivity index is 2.06. The molecular weight excluding hydrogens is 278 g/mol. The summed E-state index contributed by atoms with van der Waals surface area (Å²) in [5.41, 5.74) is 0.632. The van der Waals surface area contributed by atoms with Crippen molar-refractivity contribution < 1.29 is 13.2 Å². The minimum atomic E-state index is -3.44. The van der Waals surface area contributed by atoms with Gasteiger partial charge >= 0.3 is 0 Å². The predicted molar refractivity (Wildman–Crippen MR) is 75.3 cm³/mol. The van der Waals surface area contributed by atoms with Crippen LogP contribution in [0.25, 0.3) is 0 Å². The molecule has 0 N–H and O–H groups in total. The van der Waals surface area contributed by atoms with E-state index in [1.54, 1.807) is 29.3 Å². The summed E-state index contributed by atoms with van der Waals surface area (Å²) in [5, 5.41) is 0. The van der Waals surface area contributed by atoms with Gasteiger partial charge in [-0.3, -0.25) is 9.78 Å². The van der Waals surface area contributed by atoms with E-state index < -0.39 is 10.0 Å². The summed E-state index contributed by atoms with van der Waals surface area (Å²) in [7, 11) is -3.44. The maximum Gasteiger partial charge on any atom is 0.237 e. The van der Waals surface area contributed by atoms with E-state index in [1.165, 1.54) is 4.31 Å². The zero-order chi connectivity index (χ0) is 14.6. The molecule has 1 aromatic rings. The third kappa shape index (κ3) is 4.01. The van der Waals surface area contributed by atoms with Gasteiger partial charge in [0.15, 0.2) is 0 Å². The molecule has 0 unspecified atom stereocenters. The molecule has 0 radical (unpaired) electrons. The molecule has 7 heteroatoms. The van der Waals surface area contributed by atoms with Crippen molar-refractivity contribution in [3.05, 3.63) is 30.1 Å². The van der Waals surface area contributed by atoms with Crippen LogP contribution in [0.4, 0.5) is 0 Å². The first-order valence-corrected chi connectivity index (χ1v) is 8.44. The van der Waals surface area contributed by atoms with Crippen LogP contribution in [0.5, 0.6) is 0 Å². The van der Waals surface area contributed by atoms with Crippen LogP contribution in [0, 0.1) is 0 Å². The van der Waals surface area contributed by atoms with Gasteiger partial charge in [0.05, 0.1) is 25.0 Å². The topological polar surface area (TPSA) is 70.6 Å². The van der Waals surface area contributed by atoms with Crippen molar-refractivity contribution in [2.24, 2.45) is 0 Å². The molecule has 1 aliphatic rings. The predicted octanol–water partition coefficient (Wildman–Crippen LogP) is 0.466. The summed E-state index contributed by atoms with van der Waals surface area (Å²) < 4.78 is 24.8. The Kier molecular flexibility index (Phi) is 4.72. The molecular formula is C13H19N3O3S. The number of aromatic nitrogens is 1. The minimum Gasteiger partial charge on any atom is -0.342 e. The number of carbonyl (C=O) groups is 1. The molecule has 110 valence electrons. The van der Waals surface area contributed by atoms with Crippen molar-refractivity contribution in [2.75, 3.05) is 25.9 Å². The quantitative estimate of drug-likeness (QED) is 0.792. The van der Waals surface area contributed by atoms with E-state index in [4.69, 9.17) is 0 Å². The minimum absolute atomic E-state index is 0.116. The summed E-state index contributed by atoms with van der Waals surface area (Å²) in [6.45, 7) is 1.45. The molecule has 0 spiro atoms. The van der Waals surface area contributed by atoms with Gasteiger partial charge in [0.1, 0.15) is 0 Å². The Morgan fingerprint density at radius 3 is 2.60 bits per heavy atom. The summed E-state index contributed by atoms with van der Waals surface area (Å²) >= 11 is 0. The van der Waals surface area contributed by atoms with Gasteiger partial charge in [-0.1, -0.05) is 6.07 Å². The lowest BCUT2D eigenvalue weighted by Crippen LogP contribution is -2.41. The van der Waals surface area contributed by atoms with E-state index in [0.717, 1.165) is 32.2 Å². The number of amides is 1. The van der Waals surface area contributed by atoms with E-state index in [-0.39, 0.29) is 19.0 Å². The fraction of sp³-hybridized carbons (Fsp3) is 0.538. The molecule has 1 saturated heterocycles. The van der Waals surface area contributed by atoms with Crippen molar-refractivity contribution in [1.82, 2.24) is 14.2 Å². The van der Waals surface area contributed by atoms with Crippen molar-refractivity contribution in [2.45, 2.75) is 19.4 Å². The van der Waals surface area contributed by atoms with E-state index in [2.05, 4.69) is 4.98 Å². The Labute approximate surface area is 119 Å². The maximum atomic E-state index is 12.1. The number of hydrogen-bond acceptors (Lipinski definition) is 4. The van der Waals surface area contributed by atoms with E-state index in [9.17, 15) is 13.2 Å². The first-order valence-electron chi connectivity index (χ1n) is 6.59. The summed E-state index contributed by atoms with van der Waals surface area (Å²) in [5.74, 6) is -0.135. The highest BCUT2D eigenvalue weighted by Gasteiger charge is 2.25. The third-order valence-electron chi connectivity index (χ3n) is 3.30. The first-order chi connectivity index (χ1) is 9.47. The van der Waals surface area contributed by atoms with Crippen molar-refractivity contribution in [3.63, 3.8) is 0 Å². The summed E-state index contributed by atoms with van der Waals surface area (Å²) in [6.07, 6.45) is 4.71. The Hall–Kier alpha value is -1.47. The fourth-order valence-electron chi connectivity index (χ4n) is 2.18. The molecule has 20 heavy (non-hydrogen) atoms. The van der Waals surface area contributed by atoms with Crippen LogP contribution in [-0.2, 0) is 21.4 Å². The average molecular weight is 297 g/mol. The zero-order valence-corrected chi connectivity index (χ0v) is 12.3. The van der Waals surface area contributed by atoms with Crippen LogP contribution in [0.3, 0.4) is 0 Å². The number of sulfonamides is 1. The Morgan fingerprint density at radius 2 is 2.05 bits per heavy atom. The van der Waals surface area contributed by atoms with Crippen molar-refractivity contribution in [1.29, 1.82) is 0 Å². The standard InChI is InChI=1S/C13H19N3O3S/c1-20(18,19)16(10-12-6-2-3-7-14-12)11-13(17)15-8-4-5-9-15/h2-3,6-7H,4-5,8-11H2,1H3. The number of likely N-dealkylation sites (tertiary alicyclic amines) is 1. The molecule has 0 aliphatic carbocycles. The highest BCUT2D eigenvalue weighted by molar-refractivity contribution is 7.88. The number of pyridine rings is 1. The molecule has 0 saturated carbocycles. The lowest BCUT2D eigenvalue weighted by Gasteiger charge is -2.22. The van der Waals surface area contributed by atoms with Crippen LogP contribution in [0.15, 0.2) is 24.4 Å². The lowest BCUT2D eigenvalue weighted by atomic mass is 10.3. The molecule has 1 aliphatic heterocycles. The largest absolute Gasteiger partial charge is 0.342 e. The molecule has 2 rings (SSSR count). The molecule has 2 heterocycles. The van der Waals surface area contributed by atoms with Gasteiger partial charge < -0.3 is 4.90 Å². The van der Waals surface area contributed by atoms with Gasteiger partial charge in [-0.25, -0.2) is 8.42 Å². The van der Waals surface area contributed by atoms with Gasteiger partial charge in [-0.15, -0.1) is 0 Å². The fourth-order valence-corrected chi connectivity index (χ4v) is 2.89. The second kappa shape index (κ2) is 6.32. The number of hydrogen-bond donors (Lipinski definition) is 0. The average Bonchev–Trinajstić information content (AvgIpc) is 2.92. The van der Waals surface area contributed by atoms with Crippen LogP contribution in [0.2, 0.25) is 0 Å². The summed E-state index contributed by atoms with van der Waals surface area (Å²) in [4.78, 5) is 17.9. The van der Waals surface area contributed by atoms with Crippen LogP contribution in [0.1, 0.15) is 18.5 Å². The number of carbonyl (C=O) groups excluding carboxylic acids is 1. The molecule has 1 fully saturated rings. The van der Waals surface area contributed by atoms with Gasteiger partial charge in [0.25, 0.3) is 0 Å². The maximum absolute atomic E-state index is 12.1. The molecule has 0 atom stereocenters. The van der Waals surface area contributed by atoms with E-state index in [1.807, 2.05) is 0 Å². The highest BCUT2D eigenvalue weighted by Crippen LogP contribution is 2.11. The first kappa shape index (κ1) is 14.9. The van der Waals surface area contributed by atoms with E-state index in [0.29, 0.717) is 5.69 Å². The smallest absolute Gasteiger partial charge is 0.237 e. The van der Waals surface area contributed by atoms with Crippen LogP contribution >= 0.6 is 0 Å². The SMILES string of the molecule is CS(=O)(=O)N(CC(=O)N1CCCC1)Cc1ccccn1. The number of nitrogens with zero attached hydrogens (tertiary/aromatic N) is 3. The van der Waals surface area contributed by atoms with Crippen LogP contribution < -0.4 is 0 Å². The van der Waals surface area contributed by atoms with Gasteiger partial charge in [0, 0.05) is 19.3 Å². The van der Waals surface area contributed by atoms with E-state index >= 15 is 0 Å². The third-order valence-corrected chi connectivity index (χ3v) is 4.50.